The fraction of sp³-hybridized carbons (Fsp3) is 0.533. The Labute approximate surface area is 123 Å². The Morgan fingerprint density at radius 3 is 2.74 bits per heavy atom. The average Bonchev–Trinajstić information content (AvgIpc) is 2.37. The van der Waals surface area contributed by atoms with Gasteiger partial charge in [-0.15, -0.1) is 0 Å². The first kappa shape index (κ1) is 16.2. The Hall–Kier alpha value is -0.870. The van der Waals surface area contributed by atoms with Crippen molar-refractivity contribution < 1.29 is 9.53 Å². The molecule has 19 heavy (non-hydrogen) atoms. The van der Waals surface area contributed by atoms with Crippen molar-refractivity contribution in [3.63, 3.8) is 0 Å². The smallest absolute Gasteiger partial charge is 0.137 e. The molecule has 4 heteroatoms. The van der Waals surface area contributed by atoms with E-state index in [1.54, 1.807) is 7.11 Å². The summed E-state index contributed by atoms with van der Waals surface area (Å²) in [7, 11) is 1.63. The fourth-order valence-corrected chi connectivity index (χ4v) is 2.56. The van der Waals surface area contributed by atoms with Crippen LogP contribution < -0.4 is 10.5 Å². The Bertz CT molecular complexity index is 421. The van der Waals surface area contributed by atoms with Gasteiger partial charge in [-0.2, -0.15) is 0 Å². The van der Waals surface area contributed by atoms with Crippen LogP contribution in [0.4, 0.5) is 0 Å². The number of hydrogen-bond donors (Lipinski definition) is 1. The summed E-state index contributed by atoms with van der Waals surface area (Å²) < 4.78 is 6.05. The van der Waals surface area contributed by atoms with Crippen molar-refractivity contribution in [2.24, 2.45) is 11.7 Å². The van der Waals surface area contributed by atoms with Crippen LogP contribution in [-0.2, 0) is 11.2 Å². The summed E-state index contributed by atoms with van der Waals surface area (Å²) in [6.07, 6.45) is 3.03. The first-order chi connectivity index (χ1) is 9.06. The molecule has 0 aliphatic rings. The van der Waals surface area contributed by atoms with Crippen LogP contribution in [0.2, 0.25) is 0 Å². The van der Waals surface area contributed by atoms with E-state index in [1.807, 2.05) is 18.2 Å². The minimum absolute atomic E-state index is 0.279. The highest BCUT2D eigenvalue weighted by atomic mass is 79.9. The molecule has 0 saturated heterocycles. The van der Waals surface area contributed by atoms with Crippen LogP contribution in [0.25, 0.3) is 0 Å². The second kappa shape index (κ2) is 8.33. The van der Waals surface area contributed by atoms with E-state index in [-0.39, 0.29) is 5.78 Å². The third-order valence-corrected chi connectivity index (χ3v) is 3.81. The van der Waals surface area contributed by atoms with E-state index >= 15 is 0 Å². The van der Waals surface area contributed by atoms with Crippen LogP contribution >= 0.6 is 15.9 Å². The van der Waals surface area contributed by atoms with E-state index in [4.69, 9.17) is 10.5 Å². The molecule has 106 valence electrons. The maximum Gasteiger partial charge on any atom is 0.137 e. The van der Waals surface area contributed by atoms with Crippen molar-refractivity contribution in [3.8, 4) is 5.75 Å². The van der Waals surface area contributed by atoms with Gasteiger partial charge in [-0.25, -0.2) is 0 Å². The SMILES string of the molecule is COc1ccc(CC(=O)CCC(C)CCN)cc1Br. The van der Waals surface area contributed by atoms with Crippen LogP contribution in [0, 0.1) is 5.92 Å². The number of methoxy groups -OCH3 is 1. The van der Waals surface area contributed by atoms with Gasteiger partial charge in [-0.05, 0) is 58.9 Å². The molecule has 2 N–H and O–H groups in total. The summed E-state index contributed by atoms with van der Waals surface area (Å²) in [6, 6.07) is 5.76. The van der Waals surface area contributed by atoms with Crippen LogP contribution in [0.1, 0.15) is 31.7 Å². The van der Waals surface area contributed by atoms with Gasteiger partial charge in [0.2, 0.25) is 0 Å². The predicted octanol–water partition coefficient (Wildman–Crippen LogP) is 3.33. The highest BCUT2D eigenvalue weighted by molar-refractivity contribution is 9.10. The Morgan fingerprint density at radius 2 is 2.16 bits per heavy atom. The summed E-state index contributed by atoms with van der Waals surface area (Å²) in [4.78, 5) is 11.9. The molecule has 0 aromatic heterocycles. The first-order valence-electron chi connectivity index (χ1n) is 6.61. The number of halogens is 1. The number of Topliss-reactive ketones (excluding diaryl/α,β-unsaturated/α-hetero) is 1. The zero-order chi connectivity index (χ0) is 14.3. The Balaban J connectivity index is 2.46. The number of ketones is 1. The molecule has 1 unspecified atom stereocenters. The van der Waals surface area contributed by atoms with E-state index in [0.717, 1.165) is 28.6 Å². The second-order valence-corrected chi connectivity index (χ2v) is 5.76. The molecule has 1 aromatic rings. The van der Waals surface area contributed by atoms with Gasteiger partial charge >= 0.3 is 0 Å². The topological polar surface area (TPSA) is 52.3 Å². The molecule has 0 aliphatic carbocycles. The molecule has 3 nitrogen and oxygen atoms in total. The Kier molecular flexibility index (Phi) is 7.10. The van der Waals surface area contributed by atoms with E-state index in [9.17, 15) is 4.79 Å². The zero-order valence-corrected chi connectivity index (χ0v) is 13.2. The molecular weight excluding hydrogens is 306 g/mol. The number of carbonyl (C=O) groups is 1. The van der Waals surface area contributed by atoms with Crippen molar-refractivity contribution in [3.05, 3.63) is 28.2 Å². The molecule has 0 saturated carbocycles. The highest BCUT2D eigenvalue weighted by Crippen LogP contribution is 2.26. The third-order valence-electron chi connectivity index (χ3n) is 3.19. The molecule has 1 aromatic carbocycles. The molecule has 0 bridgehead atoms. The van der Waals surface area contributed by atoms with E-state index in [2.05, 4.69) is 22.9 Å². The van der Waals surface area contributed by atoms with Gasteiger partial charge in [-0.1, -0.05) is 13.0 Å². The summed E-state index contributed by atoms with van der Waals surface area (Å²) >= 11 is 3.43. The molecule has 0 fully saturated rings. The summed E-state index contributed by atoms with van der Waals surface area (Å²) in [6.45, 7) is 2.84. The van der Waals surface area contributed by atoms with Crippen LogP contribution in [0.3, 0.4) is 0 Å². The van der Waals surface area contributed by atoms with Gasteiger partial charge in [-0.3, -0.25) is 4.79 Å². The number of ether oxygens (including phenoxy) is 1. The molecule has 0 radical (unpaired) electrons. The van der Waals surface area contributed by atoms with Crippen molar-refractivity contribution in [1.82, 2.24) is 0 Å². The number of hydrogen-bond acceptors (Lipinski definition) is 3. The minimum atomic E-state index is 0.279. The van der Waals surface area contributed by atoms with E-state index < -0.39 is 0 Å². The van der Waals surface area contributed by atoms with Gasteiger partial charge in [0.1, 0.15) is 11.5 Å². The van der Waals surface area contributed by atoms with Gasteiger partial charge in [0.25, 0.3) is 0 Å². The van der Waals surface area contributed by atoms with E-state index in [1.165, 1.54) is 0 Å². The third kappa shape index (κ3) is 5.74. The molecule has 0 heterocycles. The lowest BCUT2D eigenvalue weighted by molar-refractivity contribution is -0.118. The van der Waals surface area contributed by atoms with Crippen molar-refractivity contribution in [1.29, 1.82) is 0 Å². The zero-order valence-electron chi connectivity index (χ0n) is 11.6. The largest absolute Gasteiger partial charge is 0.496 e. The molecule has 0 spiro atoms. The molecule has 0 amide bonds. The summed E-state index contributed by atoms with van der Waals surface area (Å²) in [5.41, 5.74) is 6.52. The number of benzene rings is 1. The summed E-state index contributed by atoms with van der Waals surface area (Å²) in [5, 5.41) is 0. The molecule has 0 aliphatic heterocycles. The van der Waals surface area contributed by atoms with E-state index in [0.29, 0.717) is 25.3 Å². The van der Waals surface area contributed by atoms with Crippen LogP contribution in [0.15, 0.2) is 22.7 Å². The maximum atomic E-state index is 11.9. The number of nitrogens with two attached hydrogens (primary N) is 1. The standard InChI is InChI=1S/C15H22BrNO2/c1-11(7-8-17)3-5-13(18)9-12-4-6-15(19-2)14(16)10-12/h4,6,10-11H,3,5,7-9,17H2,1-2H3. The number of rotatable bonds is 8. The summed E-state index contributed by atoms with van der Waals surface area (Å²) in [5.74, 6) is 1.59. The molecule has 1 rings (SSSR count). The normalized spacial score (nSPS) is 12.2. The lowest BCUT2D eigenvalue weighted by atomic mass is 9.98. The molecular formula is C15H22BrNO2. The lowest BCUT2D eigenvalue weighted by Gasteiger charge is -2.09. The Morgan fingerprint density at radius 1 is 1.42 bits per heavy atom. The van der Waals surface area contributed by atoms with Gasteiger partial charge in [0.05, 0.1) is 11.6 Å². The fourth-order valence-electron chi connectivity index (χ4n) is 1.97. The quantitative estimate of drug-likeness (QED) is 0.796. The monoisotopic (exact) mass is 327 g/mol. The molecule has 1 atom stereocenters. The van der Waals surface area contributed by atoms with Crippen molar-refractivity contribution in [2.75, 3.05) is 13.7 Å². The van der Waals surface area contributed by atoms with Crippen molar-refractivity contribution >= 4 is 21.7 Å². The number of carbonyl (C=O) groups excluding carboxylic acids is 1. The first-order valence-corrected chi connectivity index (χ1v) is 7.40. The highest BCUT2D eigenvalue weighted by Gasteiger charge is 2.09. The van der Waals surface area contributed by atoms with Gasteiger partial charge < -0.3 is 10.5 Å². The van der Waals surface area contributed by atoms with Gasteiger partial charge in [0, 0.05) is 12.8 Å². The predicted molar refractivity (Wildman–Crippen MR) is 81.5 cm³/mol. The maximum absolute atomic E-state index is 11.9. The van der Waals surface area contributed by atoms with Gasteiger partial charge in [0.15, 0.2) is 0 Å². The second-order valence-electron chi connectivity index (χ2n) is 4.91. The van der Waals surface area contributed by atoms with Crippen LogP contribution in [0.5, 0.6) is 5.75 Å². The van der Waals surface area contributed by atoms with Crippen LogP contribution in [-0.4, -0.2) is 19.4 Å². The van der Waals surface area contributed by atoms with Crippen molar-refractivity contribution in [2.45, 2.75) is 32.6 Å². The average molecular weight is 328 g/mol. The minimum Gasteiger partial charge on any atom is -0.496 e. The lowest BCUT2D eigenvalue weighted by Crippen LogP contribution is -2.09.